The molecule has 2 aromatic rings. The van der Waals surface area contributed by atoms with Crippen LogP contribution in [0.1, 0.15) is 39.2 Å². The summed E-state index contributed by atoms with van der Waals surface area (Å²) in [5, 5.41) is 8.08. The molecule has 0 spiro atoms. The van der Waals surface area contributed by atoms with Crippen molar-refractivity contribution in [3.05, 3.63) is 46.6 Å². The maximum Gasteiger partial charge on any atom is 0.338 e. The molecule has 0 radical (unpaired) electrons. The lowest BCUT2D eigenvalue weighted by Gasteiger charge is -2.16. The van der Waals surface area contributed by atoms with Gasteiger partial charge in [-0.25, -0.2) is 4.79 Å². The van der Waals surface area contributed by atoms with Crippen molar-refractivity contribution < 1.29 is 18.8 Å². The number of esters is 1. The first-order valence-electron chi connectivity index (χ1n) is 9.07. The number of nitrogens with one attached hydrogen (secondary N) is 1. The number of thioether (sulfide) groups is 2. The highest BCUT2D eigenvalue weighted by Crippen LogP contribution is 2.27. The summed E-state index contributed by atoms with van der Waals surface area (Å²) in [4.78, 5) is 21.0. The average molecular weight is 437 g/mol. The van der Waals surface area contributed by atoms with Crippen molar-refractivity contribution in [2.45, 2.75) is 31.1 Å². The third kappa shape index (κ3) is 5.52. The molecule has 0 bridgehead atoms. The van der Waals surface area contributed by atoms with Crippen molar-refractivity contribution in [2.75, 3.05) is 26.5 Å². The van der Waals surface area contributed by atoms with E-state index in [4.69, 9.17) is 14.0 Å². The quantitative estimate of drug-likeness (QED) is 0.626. The molecule has 1 aromatic heterocycles. The molecule has 0 aliphatic carbocycles. The molecule has 0 saturated heterocycles. The minimum atomic E-state index is -0.316. The topological polar surface area (TPSA) is 98.8 Å². The molecule has 1 aliphatic heterocycles. The van der Waals surface area contributed by atoms with E-state index in [0.717, 1.165) is 16.3 Å². The van der Waals surface area contributed by atoms with Crippen LogP contribution in [0, 0.1) is 13.8 Å². The van der Waals surface area contributed by atoms with Crippen LogP contribution in [-0.4, -0.2) is 53.2 Å². The monoisotopic (exact) mass is 436 g/mol. The van der Waals surface area contributed by atoms with Gasteiger partial charge in [0.05, 0.1) is 19.2 Å². The molecule has 29 heavy (non-hydrogen) atoms. The Morgan fingerprint density at radius 3 is 2.90 bits per heavy atom. The Balaban J connectivity index is 1.68. The number of amidine groups is 1. The molecule has 1 aliphatic rings. The summed E-state index contributed by atoms with van der Waals surface area (Å²) in [6, 6.07) is 5.61. The average Bonchev–Trinajstić information content (AvgIpc) is 3.35. The number of hydrogen-bond acceptors (Lipinski definition) is 10. The fourth-order valence-electron chi connectivity index (χ4n) is 2.87. The molecule has 0 fully saturated rings. The van der Waals surface area contributed by atoms with Crippen LogP contribution in [-0.2, 0) is 15.2 Å². The summed E-state index contributed by atoms with van der Waals surface area (Å²) >= 11 is 3.20. The maximum absolute atomic E-state index is 12.2. The van der Waals surface area contributed by atoms with Gasteiger partial charge in [-0.1, -0.05) is 35.1 Å². The van der Waals surface area contributed by atoms with E-state index in [1.54, 1.807) is 25.8 Å². The van der Waals surface area contributed by atoms with Crippen LogP contribution in [0.5, 0.6) is 0 Å². The zero-order valence-corrected chi connectivity index (χ0v) is 18.4. The van der Waals surface area contributed by atoms with Crippen LogP contribution in [0.2, 0.25) is 0 Å². The largest absolute Gasteiger partial charge is 0.465 e. The molecular weight excluding hydrogens is 412 g/mol. The van der Waals surface area contributed by atoms with Crippen molar-refractivity contribution >= 4 is 34.7 Å². The molecule has 2 heterocycles. The second-order valence-electron chi connectivity index (χ2n) is 6.42. The van der Waals surface area contributed by atoms with E-state index in [2.05, 4.69) is 20.4 Å². The number of aryl methyl sites for hydroxylation is 2. The Morgan fingerprint density at radius 2 is 2.24 bits per heavy atom. The van der Waals surface area contributed by atoms with Gasteiger partial charge < -0.3 is 19.3 Å². The van der Waals surface area contributed by atoms with Gasteiger partial charge in [0, 0.05) is 18.6 Å². The fraction of sp³-hybridized carbons (Fsp3) is 0.474. The number of rotatable bonds is 8. The first-order chi connectivity index (χ1) is 14.0. The van der Waals surface area contributed by atoms with Gasteiger partial charge in [0.1, 0.15) is 11.5 Å². The van der Waals surface area contributed by atoms with Gasteiger partial charge in [-0.05, 0) is 25.0 Å². The maximum atomic E-state index is 12.2. The van der Waals surface area contributed by atoms with E-state index < -0.39 is 0 Å². The molecule has 3 rings (SSSR count). The SMILES string of the molecule is COC(=O)c1c(C)cccc1CSCC(NC1=NC[C@@H](OC)S1)c1nc(C)no1. The fourth-order valence-corrected chi connectivity index (χ4v) is 4.76. The number of aromatic nitrogens is 2. The lowest BCUT2D eigenvalue weighted by molar-refractivity contribution is 0.0599. The zero-order chi connectivity index (χ0) is 20.8. The second kappa shape index (κ2) is 10.1. The Labute approximate surface area is 178 Å². The van der Waals surface area contributed by atoms with Gasteiger partial charge in [0.15, 0.2) is 11.0 Å². The van der Waals surface area contributed by atoms with Crippen LogP contribution in [0.15, 0.2) is 27.7 Å². The highest BCUT2D eigenvalue weighted by atomic mass is 32.2. The molecule has 8 nitrogen and oxygen atoms in total. The predicted molar refractivity (Wildman–Crippen MR) is 114 cm³/mol. The van der Waals surface area contributed by atoms with Crippen LogP contribution in [0.25, 0.3) is 0 Å². The van der Waals surface area contributed by atoms with E-state index >= 15 is 0 Å². The van der Waals surface area contributed by atoms with E-state index in [1.165, 1.54) is 18.9 Å². The summed E-state index contributed by atoms with van der Waals surface area (Å²) in [5.74, 6) is 2.09. The summed E-state index contributed by atoms with van der Waals surface area (Å²) in [5.41, 5.74) is 2.48. The van der Waals surface area contributed by atoms with Crippen molar-refractivity contribution in [2.24, 2.45) is 4.99 Å². The number of hydrogen-bond donors (Lipinski definition) is 1. The molecule has 1 unspecified atom stereocenters. The van der Waals surface area contributed by atoms with E-state index in [0.29, 0.717) is 35.3 Å². The number of aliphatic imine (C=N–C) groups is 1. The van der Waals surface area contributed by atoms with Gasteiger partial charge in [-0.3, -0.25) is 4.99 Å². The number of methoxy groups -OCH3 is 2. The summed E-state index contributed by atoms with van der Waals surface area (Å²) in [6.45, 7) is 4.31. The first kappa shape index (κ1) is 21.7. The molecule has 0 saturated carbocycles. The van der Waals surface area contributed by atoms with Crippen LogP contribution < -0.4 is 5.32 Å². The van der Waals surface area contributed by atoms with Gasteiger partial charge >= 0.3 is 5.97 Å². The third-order valence-electron chi connectivity index (χ3n) is 4.32. The second-order valence-corrected chi connectivity index (χ2v) is 8.60. The van der Waals surface area contributed by atoms with Crippen molar-refractivity contribution in [1.29, 1.82) is 0 Å². The predicted octanol–water partition coefficient (Wildman–Crippen LogP) is 3.11. The van der Waals surface area contributed by atoms with Crippen molar-refractivity contribution in [3.8, 4) is 0 Å². The molecule has 10 heteroatoms. The molecule has 156 valence electrons. The lowest BCUT2D eigenvalue weighted by atomic mass is 10.0. The van der Waals surface area contributed by atoms with Crippen molar-refractivity contribution in [3.63, 3.8) is 0 Å². The summed E-state index contributed by atoms with van der Waals surface area (Å²) < 4.78 is 15.7. The van der Waals surface area contributed by atoms with E-state index in [9.17, 15) is 4.79 Å². The standard InChI is InChI=1S/C19H24N4O4S2/c1-11-6-5-7-13(16(11)18(24)26-4)9-28-10-14(17-21-12(2)23-27-17)22-19-20-8-15(25-3)29-19/h5-7,14-15H,8-10H2,1-4H3,(H,20,22)/t14?,15-/m0/s1. The molecule has 1 aromatic carbocycles. The summed E-state index contributed by atoms with van der Waals surface area (Å²) in [7, 11) is 3.07. The van der Waals surface area contributed by atoms with Gasteiger partial charge in [0.2, 0.25) is 5.89 Å². The number of carbonyl (C=O) groups excluding carboxylic acids is 1. The first-order valence-corrected chi connectivity index (χ1v) is 11.1. The van der Waals surface area contributed by atoms with Gasteiger partial charge in [-0.15, -0.1) is 0 Å². The highest BCUT2D eigenvalue weighted by Gasteiger charge is 2.25. The Bertz CT molecular complexity index is 887. The number of ether oxygens (including phenoxy) is 2. The number of benzene rings is 1. The smallest absolute Gasteiger partial charge is 0.338 e. The van der Waals surface area contributed by atoms with Gasteiger partial charge in [0.25, 0.3) is 0 Å². The van der Waals surface area contributed by atoms with Gasteiger partial charge in [-0.2, -0.15) is 16.7 Å². The molecular formula is C19H24N4O4S2. The molecule has 1 N–H and O–H groups in total. The van der Waals surface area contributed by atoms with Crippen LogP contribution in [0.3, 0.4) is 0 Å². The molecule has 0 amide bonds. The normalized spacial score (nSPS) is 17.1. The molecule has 2 atom stereocenters. The number of nitrogens with zero attached hydrogens (tertiary/aromatic N) is 3. The van der Waals surface area contributed by atoms with Crippen molar-refractivity contribution in [1.82, 2.24) is 15.5 Å². The van der Waals surface area contributed by atoms with E-state index in [-0.39, 0.29) is 17.4 Å². The Morgan fingerprint density at radius 1 is 1.41 bits per heavy atom. The Kier molecular flexibility index (Phi) is 7.57. The number of carbonyl (C=O) groups is 1. The minimum absolute atomic E-state index is 0.0186. The van der Waals surface area contributed by atoms with E-state index in [1.807, 2.05) is 25.1 Å². The van der Waals surface area contributed by atoms with Crippen LogP contribution >= 0.6 is 23.5 Å². The third-order valence-corrected chi connectivity index (χ3v) is 6.48. The lowest BCUT2D eigenvalue weighted by Crippen LogP contribution is -2.28. The highest BCUT2D eigenvalue weighted by molar-refractivity contribution is 8.14. The summed E-state index contributed by atoms with van der Waals surface area (Å²) in [6.07, 6.45) is 0. The zero-order valence-electron chi connectivity index (χ0n) is 16.8. The van der Waals surface area contributed by atoms with Crippen LogP contribution in [0.4, 0.5) is 0 Å². The Hall–Kier alpha value is -2.04. The minimum Gasteiger partial charge on any atom is -0.465 e.